The first-order valence-electron chi connectivity index (χ1n) is 6.30. The maximum Gasteiger partial charge on any atom is 0.307 e. The fraction of sp³-hybridized carbons (Fsp3) is 0.429. The lowest BCUT2D eigenvalue weighted by Gasteiger charge is -2.07. The van der Waals surface area contributed by atoms with E-state index in [1.807, 2.05) is 45.0 Å². The van der Waals surface area contributed by atoms with Gasteiger partial charge in [-0.15, -0.1) is 24.0 Å². The number of nitrogens with zero attached hydrogens (tertiary/aromatic N) is 1. The fourth-order valence-electron chi connectivity index (χ4n) is 1.41. The number of nitrogens with one attached hydrogen (secondary N) is 1. The largest absolute Gasteiger partial charge is 0.463 e. The molecule has 0 spiro atoms. The molecule has 20 heavy (non-hydrogen) atoms. The highest BCUT2D eigenvalue weighted by atomic mass is 127. The van der Waals surface area contributed by atoms with Crippen molar-refractivity contribution in [2.45, 2.75) is 33.3 Å². The van der Waals surface area contributed by atoms with Gasteiger partial charge in [-0.1, -0.05) is 17.7 Å². The van der Waals surface area contributed by atoms with E-state index >= 15 is 0 Å². The molecule has 0 aliphatic heterocycles. The number of hydrogen-bond acceptors (Lipinski definition) is 3. The number of halogens is 1. The van der Waals surface area contributed by atoms with Crippen LogP contribution in [0.5, 0.6) is 0 Å². The van der Waals surface area contributed by atoms with Crippen LogP contribution in [0.4, 0.5) is 5.69 Å². The van der Waals surface area contributed by atoms with Crippen LogP contribution in [0.1, 0.15) is 25.8 Å². The molecule has 6 heteroatoms. The van der Waals surface area contributed by atoms with Crippen molar-refractivity contribution in [3.63, 3.8) is 0 Å². The Morgan fingerprint density at radius 3 is 2.50 bits per heavy atom. The summed E-state index contributed by atoms with van der Waals surface area (Å²) in [6.07, 6.45) is 0.133. The van der Waals surface area contributed by atoms with Crippen molar-refractivity contribution in [3.8, 4) is 0 Å². The average molecular weight is 391 g/mol. The van der Waals surface area contributed by atoms with Crippen molar-refractivity contribution in [1.29, 1.82) is 0 Å². The first kappa shape index (κ1) is 18.7. The zero-order valence-corrected chi connectivity index (χ0v) is 14.4. The van der Waals surface area contributed by atoms with Gasteiger partial charge in [0.1, 0.15) is 0 Å². The lowest BCUT2D eigenvalue weighted by atomic mass is 10.2. The second-order valence-corrected chi connectivity index (χ2v) is 4.55. The van der Waals surface area contributed by atoms with Gasteiger partial charge >= 0.3 is 5.97 Å². The van der Waals surface area contributed by atoms with E-state index in [0.29, 0.717) is 12.5 Å². The van der Waals surface area contributed by atoms with Crippen LogP contribution in [0, 0.1) is 6.92 Å². The molecule has 0 unspecified atom stereocenters. The number of anilines is 1. The van der Waals surface area contributed by atoms with Crippen LogP contribution in [-0.2, 0) is 9.53 Å². The molecule has 0 saturated heterocycles. The van der Waals surface area contributed by atoms with Crippen LogP contribution >= 0.6 is 24.0 Å². The number of aryl methyl sites for hydroxylation is 1. The molecule has 0 amide bonds. The molecule has 112 valence electrons. The molecule has 0 aliphatic carbocycles. The third-order valence-electron chi connectivity index (χ3n) is 2.29. The summed E-state index contributed by atoms with van der Waals surface area (Å²) in [5, 5.41) is 2.96. The summed E-state index contributed by atoms with van der Waals surface area (Å²) in [6, 6.07) is 7.81. The Bertz CT molecular complexity index is 444. The fourth-order valence-corrected chi connectivity index (χ4v) is 1.41. The van der Waals surface area contributed by atoms with Crippen molar-refractivity contribution in [3.05, 3.63) is 29.8 Å². The van der Waals surface area contributed by atoms with Crippen LogP contribution in [0.25, 0.3) is 0 Å². The number of hydrogen-bond donors (Lipinski definition) is 2. The summed E-state index contributed by atoms with van der Waals surface area (Å²) in [6.45, 7) is 5.96. The molecule has 0 aliphatic rings. The minimum Gasteiger partial charge on any atom is -0.463 e. The third-order valence-corrected chi connectivity index (χ3v) is 2.29. The summed E-state index contributed by atoms with van der Waals surface area (Å²) in [5.41, 5.74) is 7.77. The van der Waals surface area contributed by atoms with E-state index in [1.54, 1.807) is 0 Å². The van der Waals surface area contributed by atoms with Gasteiger partial charge in [0.15, 0.2) is 5.96 Å². The molecule has 3 N–H and O–H groups in total. The SMILES string of the molecule is Cc1ccc(NC(N)=NCCC(=O)OC(C)C)cc1.I. The third kappa shape index (κ3) is 7.98. The molecule has 1 aromatic carbocycles. The zero-order chi connectivity index (χ0) is 14.3. The molecule has 1 rings (SSSR count). The maximum absolute atomic E-state index is 11.3. The first-order valence-corrected chi connectivity index (χ1v) is 6.30. The summed E-state index contributed by atoms with van der Waals surface area (Å²) < 4.78 is 4.99. The standard InChI is InChI=1S/C14H21N3O2.HI/c1-10(2)19-13(18)8-9-16-14(15)17-12-6-4-11(3)5-7-12;/h4-7,10H,8-9H2,1-3H3,(H3,15,16,17);1H. The Morgan fingerprint density at radius 2 is 1.95 bits per heavy atom. The van der Waals surface area contributed by atoms with Crippen LogP contribution in [0.2, 0.25) is 0 Å². The molecule has 0 radical (unpaired) electrons. The average Bonchev–Trinajstić information content (AvgIpc) is 2.31. The summed E-state index contributed by atoms with van der Waals surface area (Å²) in [4.78, 5) is 15.3. The lowest BCUT2D eigenvalue weighted by molar-refractivity contribution is -0.147. The number of ether oxygens (including phenoxy) is 1. The van der Waals surface area contributed by atoms with E-state index in [-0.39, 0.29) is 42.5 Å². The van der Waals surface area contributed by atoms with Gasteiger partial charge < -0.3 is 15.8 Å². The van der Waals surface area contributed by atoms with Crippen LogP contribution in [-0.4, -0.2) is 24.6 Å². The maximum atomic E-state index is 11.3. The first-order chi connectivity index (χ1) is 8.97. The van der Waals surface area contributed by atoms with Gasteiger partial charge in [0, 0.05) is 5.69 Å². The van der Waals surface area contributed by atoms with Gasteiger partial charge in [-0.2, -0.15) is 0 Å². The Kier molecular flexibility index (Phi) is 8.94. The highest BCUT2D eigenvalue weighted by Gasteiger charge is 2.04. The van der Waals surface area contributed by atoms with Gasteiger partial charge in [0.2, 0.25) is 0 Å². The van der Waals surface area contributed by atoms with E-state index in [9.17, 15) is 4.79 Å². The van der Waals surface area contributed by atoms with Crippen LogP contribution < -0.4 is 11.1 Å². The molecular formula is C14H22IN3O2. The number of benzene rings is 1. The molecule has 0 fully saturated rings. The van der Waals surface area contributed by atoms with Crippen molar-refractivity contribution in [2.24, 2.45) is 10.7 Å². The number of rotatable bonds is 5. The molecule has 1 aromatic rings. The van der Waals surface area contributed by atoms with Gasteiger partial charge in [-0.05, 0) is 32.9 Å². The Labute approximate surface area is 137 Å². The van der Waals surface area contributed by atoms with Gasteiger partial charge in [-0.3, -0.25) is 9.79 Å². The highest BCUT2D eigenvalue weighted by Crippen LogP contribution is 2.07. The molecule has 0 saturated carbocycles. The van der Waals surface area contributed by atoms with Crippen LogP contribution in [0.3, 0.4) is 0 Å². The number of carbonyl (C=O) groups is 1. The predicted octanol–water partition coefficient (Wildman–Crippen LogP) is 2.68. The molecule has 0 bridgehead atoms. The van der Waals surface area contributed by atoms with E-state index < -0.39 is 0 Å². The lowest BCUT2D eigenvalue weighted by Crippen LogP contribution is -2.23. The van der Waals surface area contributed by atoms with E-state index in [2.05, 4.69) is 10.3 Å². The smallest absolute Gasteiger partial charge is 0.307 e. The molecule has 5 nitrogen and oxygen atoms in total. The molecular weight excluding hydrogens is 369 g/mol. The second-order valence-electron chi connectivity index (χ2n) is 4.55. The Morgan fingerprint density at radius 1 is 1.35 bits per heavy atom. The summed E-state index contributed by atoms with van der Waals surface area (Å²) >= 11 is 0. The summed E-state index contributed by atoms with van der Waals surface area (Å²) in [5.74, 6) is 0.0306. The van der Waals surface area contributed by atoms with E-state index in [0.717, 1.165) is 5.69 Å². The van der Waals surface area contributed by atoms with Gasteiger partial charge in [0.25, 0.3) is 0 Å². The van der Waals surface area contributed by atoms with Crippen molar-refractivity contribution in [1.82, 2.24) is 0 Å². The normalized spacial score (nSPS) is 10.9. The van der Waals surface area contributed by atoms with Crippen LogP contribution in [0.15, 0.2) is 29.3 Å². The Hall–Kier alpha value is -1.31. The molecule has 0 heterocycles. The van der Waals surface area contributed by atoms with E-state index in [4.69, 9.17) is 10.5 Å². The second kappa shape index (κ2) is 9.57. The molecule has 0 atom stereocenters. The van der Waals surface area contributed by atoms with E-state index in [1.165, 1.54) is 5.56 Å². The number of esters is 1. The number of carbonyl (C=O) groups excluding carboxylic acids is 1. The quantitative estimate of drug-likeness (QED) is 0.350. The topological polar surface area (TPSA) is 76.7 Å². The van der Waals surface area contributed by atoms with Gasteiger partial charge in [-0.25, -0.2) is 0 Å². The number of nitrogens with two attached hydrogens (primary N) is 1. The monoisotopic (exact) mass is 391 g/mol. The zero-order valence-electron chi connectivity index (χ0n) is 12.1. The van der Waals surface area contributed by atoms with Crippen molar-refractivity contribution in [2.75, 3.05) is 11.9 Å². The minimum absolute atomic E-state index is 0. The summed E-state index contributed by atoms with van der Waals surface area (Å²) in [7, 11) is 0. The predicted molar refractivity (Wildman–Crippen MR) is 92.6 cm³/mol. The minimum atomic E-state index is -0.262. The Balaban J connectivity index is 0.00000361. The highest BCUT2D eigenvalue weighted by molar-refractivity contribution is 14.0. The number of aliphatic imine (C=N–C) groups is 1. The molecule has 0 aromatic heterocycles. The van der Waals surface area contributed by atoms with Gasteiger partial charge in [0.05, 0.1) is 19.1 Å². The van der Waals surface area contributed by atoms with Crippen molar-refractivity contribution >= 4 is 41.6 Å². The number of guanidine groups is 1. The van der Waals surface area contributed by atoms with Crippen molar-refractivity contribution < 1.29 is 9.53 Å².